The number of fused-ring (bicyclic) bond motifs is 2. The van der Waals surface area contributed by atoms with Gasteiger partial charge in [-0.2, -0.15) is 0 Å². The number of aromatic nitrogens is 1. The van der Waals surface area contributed by atoms with Crippen molar-refractivity contribution in [3.05, 3.63) is 69.8 Å². The first-order chi connectivity index (χ1) is 15.0. The van der Waals surface area contributed by atoms with Crippen LogP contribution in [0.4, 0.5) is 5.69 Å². The van der Waals surface area contributed by atoms with Crippen LogP contribution in [0.25, 0.3) is 10.9 Å². The molecule has 1 N–H and O–H groups in total. The average molecular weight is 482 g/mol. The Labute approximate surface area is 189 Å². The molecule has 0 aliphatic carbocycles. The number of halogens is 1. The Morgan fingerprint density at radius 2 is 1.94 bits per heavy atom. The minimum absolute atomic E-state index is 0.348. The monoisotopic (exact) mass is 481 g/mol. The molecule has 0 bridgehead atoms. The maximum Gasteiger partial charge on any atom is 0.339 e. The quantitative estimate of drug-likeness (QED) is 0.522. The Morgan fingerprint density at radius 1 is 1.16 bits per heavy atom. The fraction of sp³-hybridized carbons (Fsp3) is 0.292. The molecular weight excluding hydrogens is 458 g/mol. The normalized spacial score (nSPS) is 13.6. The highest BCUT2D eigenvalue weighted by Crippen LogP contribution is 2.29. The zero-order valence-corrected chi connectivity index (χ0v) is 18.9. The summed E-state index contributed by atoms with van der Waals surface area (Å²) in [6.07, 6.45) is 1.84. The molecule has 160 valence electrons. The molecule has 0 spiro atoms. The molecule has 2 aromatic carbocycles. The lowest BCUT2D eigenvalue weighted by molar-refractivity contribution is -0.119. The summed E-state index contributed by atoms with van der Waals surface area (Å²) in [6.45, 7) is 4.36. The van der Waals surface area contributed by atoms with E-state index in [1.54, 1.807) is 12.1 Å². The third-order valence-corrected chi connectivity index (χ3v) is 5.86. The molecule has 0 saturated carbocycles. The van der Waals surface area contributed by atoms with Gasteiger partial charge < -0.3 is 10.1 Å². The van der Waals surface area contributed by atoms with Gasteiger partial charge in [-0.1, -0.05) is 41.1 Å². The number of nitrogens with one attached hydrogen (secondary N) is 1. The Bertz CT molecular complexity index is 1120. The standard InChI is InChI=1S/C24H24BrN3O3/c1-2-12-28-13-11-21-19(14-28)23(18-5-3-4-6-20(18)27-21)24(30)31-15-22(29)26-17-9-7-16(25)8-10-17/h3-10H,2,11-15H2,1H3,(H,26,29). The first kappa shape index (κ1) is 21.5. The van der Waals surface area contributed by atoms with Gasteiger partial charge in [0.15, 0.2) is 6.61 Å². The van der Waals surface area contributed by atoms with Crippen molar-refractivity contribution in [1.82, 2.24) is 9.88 Å². The number of carbonyl (C=O) groups excluding carboxylic acids is 2. The van der Waals surface area contributed by atoms with E-state index in [-0.39, 0.29) is 12.5 Å². The van der Waals surface area contributed by atoms with Crippen molar-refractivity contribution in [3.8, 4) is 0 Å². The molecule has 7 heteroatoms. The zero-order chi connectivity index (χ0) is 21.8. The van der Waals surface area contributed by atoms with Crippen LogP contribution in [0.2, 0.25) is 0 Å². The number of benzene rings is 2. The van der Waals surface area contributed by atoms with Crippen LogP contribution in [0.3, 0.4) is 0 Å². The second kappa shape index (κ2) is 9.58. The van der Waals surface area contributed by atoms with E-state index in [9.17, 15) is 9.59 Å². The van der Waals surface area contributed by atoms with Crippen molar-refractivity contribution in [2.75, 3.05) is 25.0 Å². The highest BCUT2D eigenvalue weighted by atomic mass is 79.9. The lowest BCUT2D eigenvalue weighted by Crippen LogP contribution is -2.33. The first-order valence-electron chi connectivity index (χ1n) is 10.4. The van der Waals surface area contributed by atoms with E-state index in [1.807, 2.05) is 36.4 Å². The molecule has 6 nitrogen and oxygen atoms in total. The molecule has 2 heterocycles. The average Bonchev–Trinajstić information content (AvgIpc) is 2.77. The van der Waals surface area contributed by atoms with E-state index < -0.39 is 5.97 Å². The van der Waals surface area contributed by atoms with Crippen LogP contribution < -0.4 is 5.32 Å². The van der Waals surface area contributed by atoms with Gasteiger partial charge in [0.05, 0.1) is 11.1 Å². The molecule has 1 amide bonds. The molecule has 0 atom stereocenters. The molecule has 31 heavy (non-hydrogen) atoms. The van der Waals surface area contributed by atoms with Gasteiger partial charge in [0.2, 0.25) is 0 Å². The minimum atomic E-state index is -0.487. The van der Waals surface area contributed by atoms with Crippen molar-refractivity contribution >= 4 is 44.4 Å². The summed E-state index contributed by atoms with van der Waals surface area (Å²) < 4.78 is 6.37. The number of amides is 1. The Balaban J connectivity index is 1.56. The van der Waals surface area contributed by atoms with Gasteiger partial charge >= 0.3 is 5.97 Å². The number of hydrogen-bond acceptors (Lipinski definition) is 5. The van der Waals surface area contributed by atoms with Crippen molar-refractivity contribution < 1.29 is 14.3 Å². The zero-order valence-electron chi connectivity index (χ0n) is 17.4. The number of para-hydroxylation sites is 1. The Kier molecular flexibility index (Phi) is 6.63. The summed E-state index contributed by atoms with van der Waals surface area (Å²) in [7, 11) is 0. The summed E-state index contributed by atoms with van der Waals surface area (Å²) in [4.78, 5) is 32.6. The SMILES string of the molecule is CCCN1CCc2nc3ccccc3c(C(=O)OCC(=O)Nc3ccc(Br)cc3)c2C1. The van der Waals surface area contributed by atoms with Crippen molar-refractivity contribution in [1.29, 1.82) is 0 Å². The summed E-state index contributed by atoms with van der Waals surface area (Å²) >= 11 is 3.36. The fourth-order valence-electron chi connectivity index (χ4n) is 3.92. The molecule has 0 unspecified atom stereocenters. The summed E-state index contributed by atoms with van der Waals surface area (Å²) in [5.74, 6) is -0.866. The number of carbonyl (C=O) groups is 2. The number of nitrogens with zero attached hydrogens (tertiary/aromatic N) is 2. The number of anilines is 1. The predicted molar refractivity (Wildman–Crippen MR) is 124 cm³/mol. The van der Waals surface area contributed by atoms with Crippen LogP contribution in [0.1, 0.15) is 35.0 Å². The molecule has 0 fully saturated rings. The van der Waals surface area contributed by atoms with Gasteiger partial charge in [-0.25, -0.2) is 4.79 Å². The van der Waals surface area contributed by atoms with E-state index in [0.717, 1.165) is 52.6 Å². The van der Waals surface area contributed by atoms with Gasteiger partial charge in [-0.15, -0.1) is 0 Å². The lowest BCUT2D eigenvalue weighted by Gasteiger charge is -2.29. The van der Waals surface area contributed by atoms with Crippen LogP contribution >= 0.6 is 15.9 Å². The van der Waals surface area contributed by atoms with Gasteiger partial charge in [-0.3, -0.25) is 14.7 Å². The largest absolute Gasteiger partial charge is 0.452 e. The molecule has 0 radical (unpaired) electrons. The van der Waals surface area contributed by atoms with Crippen LogP contribution in [0.5, 0.6) is 0 Å². The van der Waals surface area contributed by atoms with Crippen LogP contribution in [-0.4, -0.2) is 41.5 Å². The highest BCUT2D eigenvalue weighted by molar-refractivity contribution is 9.10. The summed E-state index contributed by atoms with van der Waals surface area (Å²) in [5, 5.41) is 3.50. The topological polar surface area (TPSA) is 71.5 Å². The van der Waals surface area contributed by atoms with Gasteiger partial charge in [0.25, 0.3) is 5.91 Å². The third kappa shape index (κ3) is 4.94. The van der Waals surface area contributed by atoms with Crippen molar-refractivity contribution in [3.63, 3.8) is 0 Å². The first-order valence-corrected chi connectivity index (χ1v) is 11.2. The summed E-state index contributed by atoms with van der Waals surface area (Å²) in [6, 6.07) is 14.8. The smallest absolute Gasteiger partial charge is 0.339 e. The maximum absolute atomic E-state index is 13.1. The van der Waals surface area contributed by atoms with E-state index in [1.165, 1.54) is 0 Å². The second-order valence-corrected chi connectivity index (χ2v) is 8.50. The Morgan fingerprint density at radius 3 is 2.71 bits per heavy atom. The number of pyridine rings is 1. The van der Waals surface area contributed by atoms with Crippen LogP contribution in [0, 0.1) is 0 Å². The lowest BCUT2D eigenvalue weighted by atomic mass is 9.95. The maximum atomic E-state index is 13.1. The van der Waals surface area contributed by atoms with E-state index in [2.05, 4.69) is 33.1 Å². The van der Waals surface area contributed by atoms with Crippen LogP contribution in [0.15, 0.2) is 53.0 Å². The van der Waals surface area contributed by atoms with Gasteiger partial charge in [-0.05, 0) is 43.3 Å². The number of esters is 1. The predicted octanol–water partition coefficient (Wildman–Crippen LogP) is 4.56. The molecule has 1 aliphatic heterocycles. The van der Waals surface area contributed by atoms with Gasteiger partial charge in [0, 0.05) is 46.3 Å². The number of hydrogen-bond donors (Lipinski definition) is 1. The second-order valence-electron chi connectivity index (χ2n) is 7.59. The molecule has 0 saturated heterocycles. The van der Waals surface area contributed by atoms with Gasteiger partial charge in [0.1, 0.15) is 0 Å². The molecule has 3 aromatic rings. The number of rotatable bonds is 6. The van der Waals surface area contributed by atoms with E-state index in [4.69, 9.17) is 9.72 Å². The Hall–Kier alpha value is -2.77. The highest BCUT2D eigenvalue weighted by Gasteiger charge is 2.26. The molecular formula is C24H24BrN3O3. The molecule has 4 rings (SSSR count). The van der Waals surface area contributed by atoms with E-state index in [0.29, 0.717) is 17.8 Å². The molecule has 1 aliphatic rings. The van der Waals surface area contributed by atoms with E-state index >= 15 is 0 Å². The number of ether oxygens (including phenoxy) is 1. The summed E-state index contributed by atoms with van der Waals surface area (Å²) in [5.41, 5.74) is 3.80. The van der Waals surface area contributed by atoms with Crippen molar-refractivity contribution in [2.45, 2.75) is 26.3 Å². The fourth-order valence-corrected chi connectivity index (χ4v) is 4.18. The third-order valence-electron chi connectivity index (χ3n) is 5.33. The molecule has 1 aromatic heterocycles. The van der Waals surface area contributed by atoms with Crippen molar-refractivity contribution in [2.24, 2.45) is 0 Å². The minimum Gasteiger partial charge on any atom is -0.452 e. The van der Waals surface area contributed by atoms with Crippen LogP contribution in [-0.2, 0) is 22.5 Å².